The predicted molar refractivity (Wildman–Crippen MR) is 87.7 cm³/mol. The van der Waals surface area contributed by atoms with Gasteiger partial charge in [-0.3, -0.25) is 0 Å². The molecule has 0 radical (unpaired) electrons. The topological polar surface area (TPSA) is 27.7 Å². The van der Waals surface area contributed by atoms with E-state index in [4.69, 9.17) is 25.8 Å². The van der Waals surface area contributed by atoms with Crippen LogP contribution in [0.5, 0.6) is 11.5 Å². The number of hydrogen-bond donors (Lipinski definition) is 0. The van der Waals surface area contributed by atoms with Gasteiger partial charge in [0.15, 0.2) is 11.5 Å². The molecule has 0 amide bonds. The molecule has 0 fully saturated rings. The van der Waals surface area contributed by atoms with Gasteiger partial charge in [-0.1, -0.05) is 19.9 Å². The summed E-state index contributed by atoms with van der Waals surface area (Å²) in [4.78, 5) is 0. The van der Waals surface area contributed by atoms with Crippen LogP contribution in [-0.4, -0.2) is 33.3 Å². The van der Waals surface area contributed by atoms with Gasteiger partial charge in [-0.2, -0.15) is 0 Å². The largest absolute Gasteiger partial charge is 0.493 e. The van der Waals surface area contributed by atoms with Crippen molar-refractivity contribution in [2.45, 2.75) is 26.7 Å². The van der Waals surface area contributed by atoms with Crippen molar-refractivity contribution in [2.24, 2.45) is 11.8 Å². The minimum absolute atomic E-state index is 0.474. The van der Waals surface area contributed by atoms with Crippen molar-refractivity contribution < 1.29 is 14.2 Å². The minimum atomic E-state index is 0.474. The number of halogens is 1. The van der Waals surface area contributed by atoms with Gasteiger partial charge in [0.2, 0.25) is 0 Å². The van der Waals surface area contributed by atoms with Crippen LogP contribution >= 0.6 is 11.6 Å². The average molecular weight is 315 g/mol. The third-order valence-electron chi connectivity index (χ3n) is 3.62. The highest BCUT2D eigenvalue weighted by Gasteiger charge is 2.14. The molecule has 1 aromatic rings. The number of rotatable bonds is 10. The molecule has 0 heterocycles. The highest BCUT2D eigenvalue weighted by Crippen LogP contribution is 2.30. The van der Waals surface area contributed by atoms with Gasteiger partial charge in [-0.15, -0.1) is 11.6 Å². The van der Waals surface area contributed by atoms with Gasteiger partial charge in [-0.25, -0.2) is 0 Å². The van der Waals surface area contributed by atoms with Crippen LogP contribution in [0.25, 0.3) is 0 Å². The van der Waals surface area contributed by atoms with Crippen molar-refractivity contribution in [2.75, 3.05) is 33.3 Å². The molecule has 0 bridgehead atoms. The molecule has 1 aromatic carbocycles. The van der Waals surface area contributed by atoms with Gasteiger partial charge < -0.3 is 14.2 Å². The summed E-state index contributed by atoms with van der Waals surface area (Å²) in [6, 6.07) is 6.11. The van der Waals surface area contributed by atoms with Crippen LogP contribution in [-0.2, 0) is 11.2 Å². The zero-order valence-corrected chi connectivity index (χ0v) is 14.3. The number of ether oxygens (including phenoxy) is 3. The highest BCUT2D eigenvalue weighted by atomic mass is 35.5. The first-order valence-electron chi connectivity index (χ1n) is 7.47. The van der Waals surface area contributed by atoms with E-state index in [0.717, 1.165) is 24.3 Å². The Bertz CT molecular complexity index is 407. The molecule has 120 valence electrons. The van der Waals surface area contributed by atoms with E-state index in [0.29, 0.717) is 30.9 Å². The fourth-order valence-electron chi connectivity index (χ4n) is 2.12. The van der Waals surface area contributed by atoms with Crippen LogP contribution < -0.4 is 9.47 Å². The second-order valence-corrected chi connectivity index (χ2v) is 5.85. The molecule has 1 rings (SSSR count). The molecule has 0 unspecified atom stereocenters. The van der Waals surface area contributed by atoms with E-state index in [1.807, 2.05) is 6.07 Å². The Kier molecular flexibility index (Phi) is 8.55. The molecule has 3 nitrogen and oxygen atoms in total. The van der Waals surface area contributed by atoms with Crippen LogP contribution in [0.15, 0.2) is 18.2 Å². The van der Waals surface area contributed by atoms with Gasteiger partial charge >= 0.3 is 0 Å². The normalized spacial score (nSPS) is 12.5. The molecule has 0 saturated heterocycles. The van der Waals surface area contributed by atoms with E-state index in [2.05, 4.69) is 26.0 Å². The molecule has 0 aliphatic heterocycles. The molecule has 4 heteroatoms. The lowest BCUT2D eigenvalue weighted by molar-refractivity contribution is 0.170. The summed E-state index contributed by atoms with van der Waals surface area (Å²) in [5.74, 6) is 3.27. The second-order valence-electron chi connectivity index (χ2n) is 5.54. The summed E-state index contributed by atoms with van der Waals surface area (Å²) < 4.78 is 16.2. The Balaban J connectivity index is 2.74. The summed E-state index contributed by atoms with van der Waals surface area (Å²) >= 11 is 6.06. The zero-order valence-electron chi connectivity index (χ0n) is 13.5. The summed E-state index contributed by atoms with van der Waals surface area (Å²) in [6.45, 7) is 5.73. The lowest BCUT2D eigenvalue weighted by Crippen LogP contribution is -2.13. The van der Waals surface area contributed by atoms with E-state index < -0.39 is 0 Å². The smallest absolute Gasteiger partial charge is 0.161 e. The van der Waals surface area contributed by atoms with Crippen LogP contribution in [0.3, 0.4) is 0 Å². The van der Waals surface area contributed by atoms with E-state index in [1.165, 1.54) is 5.56 Å². The summed E-state index contributed by atoms with van der Waals surface area (Å²) in [6.07, 6.45) is 1.82. The van der Waals surface area contributed by atoms with Gasteiger partial charge in [0.1, 0.15) is 0 Å². The van der Waals surface area contributed by atoms with Crippen molar-refractivity contribution >= 4 is 11.6 Å². The molecular formula is C17H27ClO3. The second kappa shape index (κ2) is 9.91. The molecule has 0 aliphatic carbocycles. The Morgan fingerprint density at radius 2 is 1.86 bits per heavy atom. The quantitative estimate of drug-likeness (QED) is 0.479. The Morgan fingerprint density at radius 1 is 1.10 bits per heavy atom. The zero-order chi connectivity index (χ0) is 15.7. The monoisotopic (exact) mass is 314 g/mol. The van der Waals surface area contributed by atoms with Crippen LogP contribution in [0.4, 0.5) is 0 Å². The lowest BCUT2D eigenvalue weighted by Gasteiger charge is -2.19. The van der Waals surface area contributed by atoms with Crippen molar-refractivity contribution in [3.63, 3.8) is 0 Å². The van der Waals surface area contributed by atoms with Crippen LogP contribution in [0.2, 0.25) is 0 Å². The molecule has 0 aliphatic rings. The fourth-order valence-corrected chi connectivity index (χ4v) is 2.58. The summed E-state index contributed by atoms with van der Waals surface area (Å²) in [5.41, 5.74) is 1.23. The number of benzene rings is 1. The van der Waals surface area contributed by atoms with Gasteiger partial charge in [0.25, 0.3) is 0 Å². The van der Waals surface area contributed by atoms with Crippen LogP contribution in [0, 0.1) is 11.8 Å². The molecule has 0 aromatic heterocycles. The Hall–Kier alpha value is -0.930. The highest BCUT2D eigenvalue weighted by molar-refractivity contribution is 6.18. The van der Waals surface area contributed by atoms with Crippen molar-refractivity contribution in [3.8, 4) is 11.5 Å². The molecule has 0 N–H and O–H groups in total. The van der Waals surface area contributed by atoms with E-state index in [-0.39, 0.29) is 0 Å². The Morgan fingerprint density at radius 3 is 2.43 bits per heavy atom. The van der Waals surface area contributed by atoms with Gasteiger partial charge in [0, 0.05) is 26.0 Å². The minimum Gasteiger partial charge on any atom is -0.493 e. The van der Waals surface area contributed by atoms with E-state index in [9.17, 15) is 0 Å². The molecule has 0 saturated carbocycles. The van der Waals surface area contributed by atoms with Crippen molar-refractivity contribution in [1.82, 2.24) is 0 Å². The third-order valence-corrected chi connectivity index (χ3v) is 4.01. The summed E-state index contributed by atoms with van der Waals surface area (Å²) in [5, 5.41) is 0. The van der Waals surface area contributed by atoms with E-state index >= 15 is 0 Å². The van der Waals surface area contributed by atoms with Crippen molar-refractivity contribution in [3.05, 3.63) is 23.8 Å². The third kappa shape index (κ3) is 6.15. The van der Waals surface area contributed by atoms with E-state index in [1.54, 1.807) is 14.2 Å². The molecule has 21 heavy (non-hydrogen) atoms. The first kappa shape index (κ1) is 18.1. The van der Waals surface area contributed by atoms with Crippen molar-refractivity contribution in [1.29, 1.82) is 0 Å². The fraction of sp³-hybridized carbons (Fsp3) is 0.647. The molecule has 0 spiro atoms. The lowest BCUT2D eigenvalue weighted by atomic mass is 9.91. The van der Waals surface area contributed by atoms with Crippen LogP contribution in [0.1, 0.15) is 25.8 Å². The van der Waals surface area contributed by atoms with Gasteiger partial charge in [0.05, 0.1) is 13.7 Å². The maximum absolute atomic E-state index is 6.06. The standard InChI is InChI=1S/C17H27ClO3/c1-13(2)15(12-18)10-14-6-7-16(20-4)17(11-14)21-9-5-8-19-3/h6-7,11,13,15H,5,8-10,12H2,1-4H3/t15-/m0/s1. The maximum Gasteiger partial charge on any atom is 0.161 e. The predicted octanol–water partition coefficient (Wildman–Crippen LogP) is 4.16. The molecule has 1 atom stereocenters. The first-order valence-corrected chi connectivity index (χ1v) is 8.00. The maximum atomic E-state index is 6.06. The number of methoxy groups -OCH3 is 2. The summed E-state index contributed by atoms with van der Waals surface area (Å²) in [7, 11) is 3.35. The average Bonchev–Trinajstić information content (AvgIpc) is 2.49. The number of alkyl halides is 1. The molecular weight excluding hydrogens is 288 g/mol. The Labute approximate surface area is 133 Å². The first-order chi connectivity index (χ1) is 10.1. The SMILES string of the molecule is COCCCOc1cc(C[C@@H](CCl)C(C)C)ccc1OC. The number of hydrogen-bond acceptors (Lipinski definition) is 3. The van der Waals surface area contributed by atoms with Gasteiger partial charge in [-0.05, 0) is 36.0 Å².